The molecular weight excluding hydrogens is 332 g/mol. The van der Waals surface area contributed by atoms with E-state index in [4.69, 9.17) is 9.16 Å². The molecule has 5 heteroatoms. The first-order valence-corrected chi connectivity index (χ1v) is 12.6. The molecule has 0 saturated heterocycles. The van der Waals surface area contributed by atoms with Crippen LogP contribution in [-0.4, -0.2) is 38.2 Å². The summed E-state index contributed by atoms with van der Waals surface area (Å²) in [5, 5.41) is 10.5. The van der Waals surface area contributed by atoms with Crippen LogP contribution in [0.1, 0.15) is 46.5 Å². The second-order valence-electron chi connectivity index (χ2n) is 8.42. The standard InChI is InChI=1S/C20H34O4Si/c1-14(2)25(4,5)24-18-12-17(11-15(3)19(18)21)20(22)23-13-16-9-7-6-8-10-16/h7,9-10,14-15,17-19,21H,6,8,11-13H2,1-5H3. The zero-order valence-electron chi connectivity index (χ0n) is 16.3. The molecule has 0 aromatic rings. The van der Waals surface area contributed by atoms with E-state index < -0.39 is 14.4 Å². The predicted octanol–water partition coefficient (Wildman–Crippen LogP) is 4.21. The van der Waals surface area contributed by atoms with Crippen molar-refractivity contribution in [2.24, 2.45) is 11.8 Å². The van der Waals surface area contributed by atoms with E-state index in [1.54, 1.807) is 0 Å². The number of hydrogen-bond donors (Lipinski definition) is 1. The number of carbonyl (C=O) groups excluding carboxylic acids is 1. The summed E-state index contributed by atoms with van der Waals surface area (Å²) < 4.78 is 11.9. The van der Waals surface area contributed by atoms with Crippen LogP contribution in [0.15, 0.2) is 23.8 Å². The fourth-order valence-corrected chi connectivity index (χ4v) is 4.64. The molecule has 1 saturated carbocycles. The zero-order chi connectivity index (χ0) is 18.6. The van der Waals surface area contributed by atoms with Crippen LogP contribution in [0.5, 0.6) is 0 Å². The normalized spacial score (nSPS) is 30.3. The Kier molecular flexibility index (Phi) is 7.06. The van der Waals surface area contributed by atoms with Crippen LogP contribution < -0.4 is 0 Å². The maximum Gasteiger partial charge on any atom is 0.309 e. The SMILES string of the molecule is CC1CC(C(=O)OCC2=CCCC=C2)CC(O[Si](C)(C)C(C)C)C1O. The van der Waals surface area contributed by atoms with Crippen LogP contribution in [0.2, 0.25) is 18.6 Å². The van der Waals surface area contributed by atoms with E-state index in [1.165, 1.54) is 0 Å². The molecule has 0 aromatic heterocycles. The quantitative estimate of drug-likeness (QED) is 0.565. The summed E-state index contributed by atoms with van der Waals surface area (Å²) >= 11 is 0. The minimum Gasteiger partial charge on any atom is -0.461 e. The van der Waals surface area contributed by atoms with Crippen molar-refractivity contribution in [1.29, 1.82) is 0 Å². The van der Waals surface area contributed by atoms with Gasteiger partial charge < -0.3 is 14.3 Å². The van der Waals surface area contributed by atoms with Gasteiger partial charge in [0.05, 0.1) is 18.1 Å². The van der Waals surface area contributed by atoms with Gasteiger partial charge in [0.15, 0.2) is 8.32 Å². The molecule has 0 aliphatic heterocycles. The molecule has 1 N–H and O–H groups in total. The number of hydrogen-bond acceptors (Lipinski definition) is 4. The smallest absolute Gasteiger partial charge is 0.309 e. The molecule has 25 heavy (non-hydrogen) atoms. The van der Waals surface area contributed by atoms with Crippen molar-refractivity contribution in [3.05, 3.63) is 23.8 Å². The molecule has 0 aromatic carbocycles. The summed E-state index contributed by atoms with van der Waals surface area (Å²) in [4.78, 5) is 12.5. The van der Waals surface area contributed by atoms with Gasteiger partial charge in [-0.25, -0.2) is 0 Å². The van der Waals surface area contributed by atoms with Gasteiger partial charge in [-0.15, -0.1) is 0 Å². The van der Waals surface area contributed by atoms with Crippen molar-refractivity contribution >= 4 is 14.3 Å². The number of allylic oxidation sites excluding steroid dienone is 2. The third kappa shape index (κ3) is 5.53. The first kappa shape index (κ1) is 20.4. The number of esters is 1. The number of aliphatic hydroxyl groups excluding tert-OH is 1. The van der Waals surface area contributed by atoms with Crippen LogP contribution in [0.4, 0.5) is 0 Å². The van der Waals surface area contributed by atoms with Crippen molar-refractivity contribution in [3.8, 4) is 0 Å². The highest BCUT2D eigenvalue weighted by molar-refractivity contribution is 6.72. The zero-order valence-corrected chi connectivity index (χ0v) is 17.3. The average Bonchev–Trinajstić information content (AvgIpc) is 2.57. The van der Waals surface area contributed by atoms with Crippen molar-refractivity contribution in [2.75, 3.05) is 6.61 Å². The average molecular weight is 367 g/mol. The third-order valence-corrected chi connectivity index (χ3v) is 9.46. The van der Waals surface area contributed by atoms with E-state index in [0.717, 1.165) is 18.4 Å². The van der Waals surface area contributed by atoms with Crippen LogP contribution >= 0.6 is 0 Å². The summed E-state index contributed by atoms with van der Waals surface area (Å²) in [6.07, 6.45) is 8.81. The van der Waals surface area contributed by atoms with E-state index in [9.17, 15) is 9.90 Å². The predicted molar refractivity (Wildman–Crippen MR) is 103 cm³/mol. The number of carbonyl (C=O) groups is 1. The van der Waals surface area contributed by atoms with Crippen molar-refractivity contribution in [1.82, 2.24) is 0 Å². The molecule has 0 spiro atoms. The third-order valence-electron chi connectivity index (χ3n) is 5.77. The summed E-state index contributed by atoms with van der Waals surface area (Å²) in [6, 6.07) is 0. The Morgan fingerprint density at radius 1 is 1.32 bits per heavy atom. The van der Waals surface area contributed by atoms with E-state index >= 15 is 0 Å². The Balaban J connectivity index is 1.95. The van der Waals surface area contributed by atoms with E-state index in [0.29, 0.717) is 25.0 Å². The molecule has 2 aliphatic carbocycles. The summed E-state index contributed by atoms with van der Waals surface area (Å²) in [7, 11) is -1.88. The number of aliphatic hydroxyl groups is 1. The molecule has 0 bridgehead atoms. The van der Waals surface area contributed by atoms with Gasteiger partial charge in [-0.05, 0) is 55.8 Å². The fraction of sp³-hybridized carbons (Fsp3) is 0.750. The number of rotatable bonds is 6. The molecule has 0 heterocycles. The Labute approximate surface area is 153 Å². The highest BCUT2D eigenvalue weighted by atomic mass is 28.4. The van der Waals surface area contributed by atoms with Gasteiger partial charge in [0.25, 0.3) is 0 Å². The lowest BCUT2D eigenvalue weighted by molar-refractivity contribution is -0.153. The van der Waals surface area contributed by atoms with Gasteiger partial charge in [-0.1, -0.05) is 39.0 Å². The van der Waals surface area contributed by atoms with Crippen molar-refractivity contribution < 1.29 is 19.1 Å². The van der Waals surface area contributed by atoms with E-state index in [1.807, 2.05) is 13.0 Å². The fourth-order valence-electron chi connectivity index (χ4n) is 3.35. The first-order valence-electron chi connectivity index (χ1n) is 9.58. The van der Waals surface area contributed by atoms with Gasteiger partial charge in [0.2, 0.25) is 0 Å². The highest BCUT2D eigenvalue weighted by Crippen LogP contribution is 2.35. The molecule has 0 radical (unpaired) electrons. The molecule has 1 fully saturated rings. The second-order valence-corrected chi connectivity index (χ2v) is 13.0. The van der Waals surface area contributed by atoms with Gasteiger partial charge in [0.1, 0.15) is 6.61 Å². The Hall–Kier alpha value is -0.913. The monoisotopic (exact) mass is 366 g/mol. The maximum atomic E-state index is 12.5. The molecule has 2 aliphatic rings. The van der Waals surface area contributed by atoms with Gasteiger partial charge in [-0.2, -0.15) is 0 Å². The first-order chi connectivity index (χ1) is 11.7. The van der Waals surface area contributed by atoms with E-state index in [-0.39, 0.29) is 23.9 Å². The van der Waals surface area contributed by atoms with Gasteiger partial charge in [0, 0.05) is 0 Å². The summed E-state index contributed by atoms with van der Waals surface area (Å²) in [6.45, 7) is 11.0. The van der Waals surface area contributed by atoms with Crippen LogP contribution in [-0.2, 0) is 14.0 Å². The van der Waals surface area contributed by atoms with E-state index in [2.05, 4.69) is 39.1 Å². The lowest BCUT2D eigenvalue weighted by Gasteiger charge is -2.41. The largest absolute Gasteiger partial charge is 0.461 e. The minimum atomic E-state index is -1.88. The molecule has 142 valence electrons. The Morgan fingerprint density at radius 2 is 2.04 bits per heavy atom. The molecule has 4 unspecified atom stereocenters. The molecule has 0 amide bonds. The lowest BCUT2D eigenvalue weighted by atomic mass is 9.78. The number of ether oxygens (including phenoxy) is 1. The molecule has 4 atom stereocenters. The Morgan fingerprint density at radius 3 is 2.64 bits per heavy atom. The van der Waals surface area contributed by atoms with Gasteiger partial charge >= 0.3 is 5.97 Å². The lowest BCUT2D eigenvalue weighted by Crippen LogP contribution is -2.49. The van der Waals surface area contributed by atoms with Crippen molar-refractivity contribution in [2.45, 2.75) is 77.3 Å². The van der Waals surface area contributed by atoms with Crippen LogP contribution in [0.3, 0.4) is 0 Å². The van der Waals surface area contributed by atoms with Crippen molar-refractivity contribution in [3.63, 3.8) is 0 Å². The van der Waals surface area contributed by atoms with Gasteiger partial charge in [-0.3, -0.25) is 4.79 Å². The summed E-state index contributed by atoms with van der Waals surface area (Å²) in [5.41, 5.74) is 1.54. The minimum absolute atomic E-state index is 0.0436. The Bertz CT molecular complexity index is 524. The topological polar surface area (TPSA) is 55.8 Å². The summed E-state index contributed by atoms with van der Waals surface area (Å²) in [5.74, 6) is -0.299. The van der Waals surface area contributed by atoms with Crippen LogP contribution in [0.25, 0.3) is 0 Å². The maximum absolute atomic E-state index is 12.5. The van der Waals surface area contributed by atoms with Crippen LogP contribution in [0, 0.1) is 11.8 Å². The molecule has 4 nitrogen and oxygen atoms in total. The molecule has 2 rings (SSSR count). The second kappa shape index (κ2) is 8.65. The molecular formula is C20H34O4Si. The highest BCUT2D eigenvalue weighted by Gasteiger charge is 2.42.